The number of aliphatic hydroxyl groups excluding tert-OH is 1. The van der Waals surface area contributed by atoms with Gasteiger partial charge in [-0.05, 0) is 24.9 Å². The van der Waals surface area contributed by atoms with E-state index in [1.165, 1.54) is 0 Å². The Morgan fingerprint density at radius 3 is 2.65 bits per heavy atom. The molecule has 6 nitrogen and oxygen atoms in total. The third-order valence-electron chi connectivity index (χ3n) is 2.16. The zero-order chi connectivity index (χ0) is 12.7. The highest BCUT2D eigenvalue weighted by Gasteiger charge is 2.10. The lowest BCUT2D eigenvalue weighted by atomic mass is 10.5. The quantitative estimate of drug-likeness (QED) is 0.766. The zero-order valence-electron chi connectivity index (χ0n) is 10.1. The summed E-state index contributed by atoms with van der Waals surface area (Å²) in [5.41, 5.74) is 0. The van der Waals surface area contributed by atoms with Gasteiger partial charge in [-0.25, -0.2) is 0 Å². The van der Waals surface area contributed by atoms with Gasteiger partial charge >= 0.3 is 0 Å². The summed E-state index contributed by atoms with van der Waals surface area (Å²) in [6.45, 7) is 6.03. The first kappa shape index (κ1) is 13.9. The van der Waals surface area contributed by atoms with Crippen molar-refractivity contribution < 1.29 is 5.11 Å². The average molecular weight is 260 g/mol. The van der Waals surface area contributed by atoms with E-state index in [4.69, 9.17) is 16.7 Å². The van der Waals surface area contributed by atoms with Crippen LogP contribution in [0.5, 0.6) is 0 Å². The largest absolute Gasteiger partial charge is 0.395 e. The number of aliphatic hydroxyl groups is 1. The Balaban J connectivity index is 2.86. The van der Waals surface area contributed by atoms with Crippen molar-refractivity contribution in [2.45, 2.75) is 20.3 Å². The molecule has 0 aliphatic heterocycles. The van der Waals surface area contributed by atoms with Crippen molar-refractivity contribution >= 4 is 23.5 Å². The van der Waals surface area contributed by atoms with E-state index in [0.717, 1.165) is 13.0 Å². The fourth-order valence-corrected chi connectivity index (χ4v) is 1.47. The van der Waals surface area contributed by atoms with Gasteiger partial charge in [0.2, 0.25) is 17.2 Å². The van der Waals surface area contributed by atoms with Crippen LogP contribution in [0.25, 0.3) is 0 Å². The van der Waals surface area contributed by atoms with Crippen LogP contribution in [0.15, 0.2) is 0 Å². The van der Waals surface area contributed by atoms with Crippen LogP contribution in [0.3, 0.4) is 0 Å². The molecular formula is C10H18ClN5O. The fourth-order valence-electron chi connectivity index (χ4n) is 1.32. The second-order valence-electron chi connectivity index (χ2n) is 3.46. The van der Waals surface area contributed by atoms with Gasteiger partial charge in [0.15, 0.2) is 0 Å². The average Bonchev–Trinajstić information content (AvgIpc) is 2.32. The first-order valence-electron chi connectivity index (χ1n) is 5.72. The molecule has 1 rings (SSSR count). The van der Waals surface area contributed by atoms with E-state index >= 15 is 0 Å². The number of hydrogen-bond donors (Lipinski definition) is 2. The molecule has 0 aliphatic rings. The Kier molecular flexibility index (Phi) is 5.93. The Bertz CT molecular complexity index is 349. The highest BCUT2D eigenvalue weighted by atomic mass is 35.5. The lowest BCUT2D eigenvalue weighted by molar-refractivity contribution is 0.301. The van der Waals surface area contributed by atoms with Crippen molar-refractivity contribution in [2.24, 2.45) is 0 Å². The fraction of sp³-hybridized carbons (Fsp3) is 0.700. The SMILES string of the molecule is CCCNc1nc(Cl)nc(N(CC)CCO)n1. The topological polar surface area (TPSA) is 74.2 Å². The molecule has 7 heteroatoms. The highest BCUT2D eigenvalue weighted by Crippen LogP contribution is 2.13. The smallest absolute Gasteiger partial charge is 0.231 e. The van der Waals surface area contributed by atoms with E-state index in [0.29, 0.717) is 25.0 Å². The maximum Gasteiger partial charge on any atom is 0.231 e. The van der Waals surface area contributed by atoms with Gasteiger partial charge in [0.25, 0.3) is 0 Å². The van der Waals surface area contributed by atoms with Crippen LogP contribution in [0.4, 0.5) is 11.9 Å². The maximum atomic E-state index is 8.95. The van der Waals surface area contributed by atoms with Crippen molar-refractivity contribution in [1.29, 1.82) is 0 Å². The number of aromatic nitrogens is 3. The first-order chi connectivity index (χ1) is 8.21. The van der Waals surface area contributed by atoms with E-state index in [1.807, 2.05) is 11.8 Å². The summed E-state index contributed by atoms with van der Waals surface area (Å²) in [5, 5.41) is 12.2. The van der Waals surface area contributed by atoms with Crippen LogP contribution in [-0.4, -0.2) is 46.3 Å². The third-order valence-corrected chi connectivity index (χ3v) is 2.33. The van der Waals surface area contributed by atoms with Crippen molar-refractivity contribution in [1.82, 2.24) is 15.0 Å². The van der Waals surface area contributed by atoms with Crippen LogP contribution in [0, 0.1) is 0 Å². The summed E-state index contributed by atoms with van der Waals surface area (Å²) < 4.78 is 0. The van der Waals surface area contributed by atoms with Gasteiger partial charge in [0.1, 0.15) is 0 Å². The van der Waals surface area contributed by atoms with Crippen molar-refractivity contribution in [3.63, 3.8) is 0 Å². The van der Waals surface area contributed by atoms with Gasteiger partial charge in [-0.1, -0.05) is 6.92 Å². The number of nitrogens with one attached hydrogen (secondary N) is 1. The molecule has 0 bridgehead atoms. The summed E-state index contributed by atoms with van der Waals surface area (Å²) in [5.74, 6) is 0.957. The third kappa shape index (κ3) is 4.32. The number of nitrogens with zero attached hydrogens (tertiary/aromatic N) is 4. The van der Waals surface area contributed by atoms with E-state index in [2.05, 4.69) is 27.2 Å². The second kappa shape index (κ2) is 7.24. The molecule has 1 aromatic heterocycles. The van der Waals surface area contributed by atoms with Crippen LogP contribution in [0.1, 0.15) is 20.3 Å². The zero-order valence-corrected chi connectivity index (χ0v) is 10.9. The summed E-state index contributed by atoms with van der Waals surface area (Å²) in [7, 11) is 0. The molecule has 1 aromatic rings. The molecular weight excluding hydrogens is 242 g/mol. The lowest BCUT2D eigenvalue weighted by Crippen LogP contribution is -2.28. The molecule has 0 fully saturated rings. The molecule has 0 saturated heterocycles. The molecule has 17 heavy (non-hydrogen) atoms. The van der Waals surface area contributed by atoms with Gasteiger partial charge in [0, 0.05) is 19.6 Å². The van der Waals surface area contributed by atoms with Gasteiger partial charge in [-0.2, -0.15) is 15.0 Å². The normalized spacial score (nSPS) is 10.4. The van der Waals surface area contributed by atoms with E-state index in [9.17, 15) is 0 Å². The molecule has 1 heterocycles. The summed E-state index contributed by atoms with van der Waals surface area (Å²) in [6.07, 6.45) is 0.979. The molecule has 0 radical (unpaired) electrons. The summed E-state index contributed by atoms with van der Waals surface area (Å²) in [6, 6.07) is 0. The van der Waals surface area contributed by atoms with Gasteiger partial charge in [-0.15, -0.1) is 0 Å². The number of likely N-dealkylation sites (N-methyl/N-ethyl adjacent to an activating group) is 1. The van der Waals surface area contributed by atoms with E-state index < -0.39 is 0 Å². The number of hydrogen-bond acceptors (Lipinski definition) is 6. The molecule has 0 saturated carbocycles. The van der Waals surface area contributed by atoms with Crippen molar-refractivity contribution in [3.05, 3.63) is 5.28 Å². The molecule has 0 atom stereocenters. The van der Waals surface area contributed by atoms with Gasteiger partial charge in [0.05, 0.1) is 6.61 Å². The predicted molar refractivity (Wildman–Crippen MR) is 68.6 cm³/mol. The van der Waals surface area contributed by atoms with Crippen LogP contribution < -0.4 is 10.2 Å². The minimum absolute atomic E-state index is 0.0505. The van der Waals surface area contributed by atoms with E-state index in [-0.39, 0.29) is 11.9 Å². The number of anilines is 2. The molecule has 96 valence electrons. The molecule has 0 aromatic carbocycles. The summed E-state index contributed by atoms with van der Waals surface area (Å²) in [4.78, 5) is 14.1. The molecule has 0 spiro atoms. The molecule has 0 aliphatic carbocycles. The minimum atomic E-state index is 0.0505. The van der Waals surface area contributed by atoms with Crippen LogP contribution in [-0.2, 0) is 0 Å². The van der Waals surface area contributed by atoms with Crippen molar-refractivity contribution in [3.8, 4) is 0 Å². The van der Waals surface area contributed by atoms with E-state index in [1.54, 1.807) is 0 Å². The van der Waals surface area contributed by atoms with Crippen molar-refractivity contribution in [2.75, 3.05) is 36.5 Å². The molecule has 0 amide bonds. The number of halogens is 1. The number of rotatable bonds is 7. The lowest BCUT2D eigenvalue weighted by Gasteiger charge is -2.19. The van der Waals surface area contributed by atoms with Gasteiger partial charge in [-0.3, -0.25) is 0 Å². The predicted octanol–water partition coefficient (Wildman–Crippen LogP) is 1.17. The summed E-state index contributed by atoms with van der Waals surface area (Å²) >= 11 is 5.84. The van der Waals surface area contributed by atoms with Gasteiger partial charge < -0.3 is 15.3 Å². The standard InChI is InChI=1S/C10H18ClN5O/c1-3-5-12-9-13-8(11)14-10(15-9)16(4-2)6-7-17/h17H,3-7H2,1-2H3,(H,12,13,14,15). The Hall–Kier alpha value is -1.14. The Morgan fingerprint density at radius 1 is 1.29 bits per heavy atom. The maximum absolute atomic E-state index is 8.95. The minimum Gasteiger partial charge on any atom is -0.395 e. The van der Waals surface area contributed by atoms with Crippen LogP contribution >= 0.6 is 11.6 Å². The Labute approximate surface area is 106 Å². The monoisotopic (exact) mass is 259 g/mol. The second-order valence-corrected chi connectivity index (χ2v) is 3.80. The first-order valence-corrected chi connectivity index (χ1v) is 6.10. The highest BCUT2D eigenvalue weighted by molar-refractivity contribution is 6.28. The Morgan fingerprint density at radius 2 is 2.06 bits per heavy atom. The molecule has 2 N–H and O–H groups in total. The molecule has 0 unspecified atom stereocenters. The van der Waals surface area contributed by atoms with Crippen LogP contribution in [0.2, 0.25) is 5.28 Å².